The SMILES string of the molecule is COC1=CC2=CC=C3C=CSC3C2S1. The molecule has 0 amide bonds. The number of hydrogen-bond acceptors (Lipinski definition) is 3. The Bertz CT molecular complexity index is 390. The molecule has 0 radical (unpaired) electrons. The number of allylic oxidation sites excluding steroid dienone is 4. The summed E-state index contributed by atoms with van der Waals surface area (Å²) in [6, 6.07) is 0. The minimum atomic E-state index is 0.560. The van der Waals surface area contributed by atoms with Gasteiger partial charge in [-0.25, -0.2) is 0 Å². The molecule has 3 aliphatic rings. The Morgan fingerprint density at radius 2 is 2.07 bits per heavy atom. The Labute approximate surface area is 92.0 Å². The van der Waals surface area contributed by atoms with E-state index in [1.807, 2.05) is 23.5 Å². The summed E-state index contributed by atoms with van der Waals surface area (Å²) in [5, 5.41) is 4.40. The van der Waals surface area contributed by atoms with Crippen LogP contribution in [0.1, 0.15) is 0 Å². The van der Waals surface area contributed by atoms with Crippen LogP contribution in [0.2, 0.25) is 0 Å². The zero-order valence-electron chi connectivity index (χ0n) is 7.77. The van der Waals surface area contributed by atoms with Crippen molar-refractivity contribution in [3.05, 3.63) is 45.9 Å². The van der Waals surface area contributed by atoms with Crippen molar-refractivity contribution in [2.45, 2.75) is 10.5 Å². The van der Waals surface area contributed by atoms with Crippen molar-refractivity contribution in [1.82, 2.24) is 0 Å². The Hall–Kier alpha value is -0.540. The van der Waals surface area contributed by atoms with Gasteiger partial charge in [0, 0.05) is 0 Å². The quantitative estimate of drug-likeness (QED) is 0.675. The fourth-order valence-electron chi connectivity index (χ4n) is 1.90. The van der Waals surface area contributed by atoms with Gasteiger partial charge in [0.05, 0.1) is 17.6 Å². The molecule has 3 heteroatoms. The molecule has 0 spiro atoms. The van der Waals surface area contributed by atoms with Gasteiger partial charge in [0.25, 0.3) is 0 Å². The average molecular weight is 222 g/mol. The molecule has 1 nitrogen and oxygen atoms in total. The molecule has 2 unspecified atom stereocenters. The standard InChI is InChI=1S/C11H10OS2/c1-12-9-6-8-3-2-7-4-5-13-10(7)11(8)14-9/h2-6,10-11H,1H3. The highest BCUT2D eigenvalue weighted by molar-refractivity contribution is 8.07. The normalized spacial score (nSPS) is 33.1. The zero-order chi connectivity index (χ0) is 9.54. The third-order valence-electron chi connectivity index (χ3n) is 2.61. The first kappa shape index (κ1) is 8.74. The lowest BCUT2D eigenvalue weighted by Crippen LogP contribution is -2.21. The van der Waals surface area contributed by atoms with Crippen molar-refractivity contribution in [3.63, 3.8) is 0 Å². The summed E-state index contributed by atoms with van der Waals surface area (Å²) >= 11 is 3.76. The second-order valence-corrected chi connectivity index (χ2v) is 5.60. The fourth-order valence-corrected chi connectivity index (χ4v) is 4.39. The smallest absolute Gasteiger partial charge is 0.153 e. The van der Waals surface area contributed by atoms with E-state index in [4.69, 9.17) is 4.74 Å². The predicted molar refractivity (Wildman–Crippen MR) is 63.2 cm³/mol. The molecular weight excluding hydrogens is 212 g/mol. The van der Waals surface area contributed by atoms with E-state index in [0.717, 1.165) is 5.09 Å². The molecule has 0 bridgehead atoms. The largest absolute Gasteiger partial charge is 0.491 e. The van der Waals surface area contributed by atoms with Crippen molar-refractivity contribution < 1.29 is 4.74 Å². The lowest BCUT2D eigenvalue weighted by atomic mass is 9.98. The number of hydrogen-bond donors (Lipinski definition) is 0. The van der Waals surface area contributed by atoms with Gasteiger partial charge < -0.3 is 4.74 Å². The van der Waals surface area contributed by atoms with Crippen molar-refractivity contribution in [2.24, 2.45) is 0 Å². The lowest BCUT2D eigenvalue weighted by molar-refractivity contribution is 0.325. The number of ether oxygens (including phenoxy) is 1. The van der Waals surface area contributed by atoms with Crippen LogP contribution in [-0.4, -0.2) is 17.6 Å². The van der Waals surface area contributed by atoms with Gasteiger partial charge in [-0.05, 0) is 22.6 Å². The topological polar surface area (TPSA) is 9.23 Å². The van der Waals surface area contributed by atoms with Crippen LogP contribution in [0.5, 0.6) is 0 Å². The molecule has 0 saturated heterocycles. The summed E-state index contributed by atoms with van der Waals surface area (Å²) in [6.07, 6.45) is 8.81. The maximum absolute atomic E-state index is 5.28. The number of rotatable bonds is 1. The van der Waals surface area contributed by atoms with Crippen LogP contribution in [0.3, 0.4) is 0 Å². The maximum atomic E-state index is 5.28. The molecular formula is C11H10OS2. The van der Waals surface area contributed by atoms with Crippen molar-refractivity contribution in [3.8, 4) is 0 Å². The third-order valence-corrected chi connectivity index (χ3v) is 5.23. The second-order valence-electron chi connectivity index (χ2n) is 3.40. The molecule has 3 rings (SSSR count). The predicted octanol–water partition coefficient (Wildman–Crippen LogP) is 3.09. The van der Waals surface area contributed by atoms with Crippen LogP contribution in [0, 0.1) is 0 Å². The van der Waals surface area contributed by atoms with E-state index in [0.29, 0.717) is 10.5 Å². The van der Waals surface area contributed by atoms with Crippen LogP contribution in [0.15, 0.2) is 45.9 Å². The van der Waals surface area contributed by atoms with Gasteiger partial charge in [-0.2, -0.15) is 0 Å². The zero-order valence-corrected chi connectivity index (χ0v) is 9.40. The fraction of sp³-hybridized carbons (Fsp3) is 0.273. The first-order valence-corrected chi connectivity index (χ1v) is 6.37. The number of fused-ring (bicyclic) bond motifs is 3. The molecule has 2 aliphatic heterocycles. The summed E-state index contributed by atoms with van der Waals surface area (Å²) in [6.45, 7) is 0. The molecule has 0 fully saturated rings. The van der Waals surface area contributed by atoms with E-state index in [1.165, 1.54) is 11.1 Å². The van der Waals surface area contributed by atoms with Crippen LogP contribution in [0.25, 0.3) is 0 Å². The van der Waals surface area contributed by atoms with Gasteiger partial charge in [0.1, 0.15) is 0 Å². The first-order chi connectivity index (χ1) is 6.88. The summed E-state index contributed by atoms with van der Waals surface area (Å²) in [7, 11) is 1.74. The molecule has 2 heterocycles. The minimum absolute atomic E-state index is 0.560. The number of thioether (sulfide) groups is 2. The Kier molecular flexibility index (Phi) is 2.03. The summed E-state index contributed by atoms with van der Waals surface area (Å²) in [5.74, 6) is 0. The van der Waals surface area contributed by atoms with Crippen molar-refractivity contribution >= 4 is 23.5 Å². The van der Waals surface area contributed by atoms with Gasteiger partial charge >= 0.3 is 0 Å². The molecule has 0 aromatic heterocycles. The average Bonchev–Trinajstić information content (AvgIpc) is 2.82. The molecule has 0 aromatic carbocycles. The third kappa shape index (κ3) is 1.19. The van der Waals surface area contributed by atoms with Crippen molar-refractivity contribution in [2.75, 3.05) is 7.11 Å². The van der Waals surface area contributed by atoms with E-state index in [2.05, 4.69) is 29.7 Å². The number of methoxy groups -OCH3 is 1. The second kappa shape index (κ2) is 3.24. The Balaban J connectivity index is 1.95. The first-order valence-electron chi connectivity index (χ1n) is 4.54. The van der Waals surface area contributed by atoms with E-state index >= 15 is 0 Å². The van der Waals surface area contributed by atoms with Crippen LogP contribution in [-0.2, 0) is 4.74 Å². The molecule has 14 heavy (non-hydrogen) atoms. The molecule has 0 aromatic rings. The molecule has 0 N–H and O–H groups in total. The maximum Gasteiger partial charge on any atom is 0.153 e. The van der Waals surface area contributed by atoms with Gasteiger partial charge in [-0.15, -0.1) is 11.8 Å². The van der Waals surface area contributed by atoms with Crippen LogP contribution in [0.4, 0.5) is 0 Å². The summed E-state index contributed by atoms with van der Waals surface area (Å²) in [5.41, 5.74) is 2.85. The van der Waals surface area contributed by atoms with Gasteiger partial charge in [0.2, 0.25) is 0 Å². The minimum Gasteiger partial charge on any atom is -0.491 e. The molecule has 1 aliphatic carbocycles. The Morgan fingerprint density at radius 3 is 2.93 bits per heavy atom. The summed E-state index contributed by atoms with van der Waals surface area (Å²) in [4.78, 5) is 0. The van der Waals surface area contributed by atoms with Gasteiger partial charge in [0.15, 0.2) is 5.09 Å². The molecule has 72 valence electrons. The van der Waals surface area contributed by atoms with Crippen molar-refractivity contribution in [1.29, 1.82) is 0 Å². The monoisotopic (exact) mass is 222 g/mol. The Morgan fingerprint density at radius 1 is 1.21 bits per heavy atom. The highest BCUT2D eigenvalue weighted by atomic mass is 32.2. The van der Waals surface area contributed by atoms with Crippen LogP contribution < -0.4 is 0 Å². The van der Waals surface area contributed by atoms with Crippen LogP contribution >= 0.6 is 23.5 Å². The highest BCUT2D eigenvalue weighted by Gasteiger charge is 2.36. The molecule has 0 saturated carbocycles. The van der Waals surface area contributed by atoms with E-state index in [9.17, 15) is 0 Å². The van der Waals surface area contributed by atoms with E-state index in [1.54, 1.807) is 7.11 Å². The summed E-state index contributed by atoms with van der Waals surface area (Å²) < 4.78 is 5.28. The van der Waals surface area contributed by atoms with Gasteiger partial charge in [-0.3, -0.25) is 0 Å². The van der Waals surface area contributed by atoms with E-state index in [-0.39, 0.29) is 0 Å². The van der Waals surface area contributed by atoms with E-state index < -0.39 is 0 Å². The molecule has 2 atom stereocenters. The highest BCUT2D eigenvalue weighted by Crippen LogP contribution is 2.48. The van der Waals surface area contributed by atoms with Gasteiger partial charge in [-0.1, -0.05) is 30.0 Å². The lowest BCUT2D eigenvalue weighted by Gasteiger charge is -2.23.